The number of nitrogens with zero attached hydrogens (tertiary/aromatic N) is 3. The van der Waals surface area contributed by atoms with Crippen molar-refractivity contribution in [1.29, 1.82) is 0 Å². The zero-order valence-corrected chi connectivity index (χ0v) is 6.38. The van der Waals surface area contributed by atoms with Gasteiger partial charge in [-0.15, -0.1) is 0 Å². The lowest BCUT2D eigenvalue weighted by atomic mass is 10.2. The van der Waals surface area contributed by atoms with E-state index in [-0.39, 0.29) is 0 Å². The molecule has 58 valence electrons. The molecule has 12 heavy (non-hydrogen) atoms. The molecule has 0 amide bonds. The Hall–Kier alpha value is -1.77. The van der Waals surface area contributed by atoms with Gasteiger partial charge in [0.25, 0.3) is 0 Å². The second kappa shape index (κ2) is 3.09. The van der Waals surface area contributed by atoms with E-state index in [1.807, 2.05) is 30.3 Å². The number of benzene rings is 1. The first kappa shape index (κ1) is 6.91. The largest absolute Gasteiger partial charge is 0.225 e. The average Bonchev–Trinajstić information content (AvgIpc) is 2.21. The van der Waals surface area contributed by atoms with E-state index in [1.165, 1.54) is 12.7 Å². The van der Waals surface area contributed by atoms with Crippen molar-refractivity contribution < 1.29 is 0 Å². The maximum absolute atomic E-state index is 4.03. The smallest absolute Gasteiger partial charge is 0.162 e. The van der Waals surface area contributed by atoms with E-state index in [0.29, 0.717) is 5.82 Å². The summed E-state index contributed by atoms with van der Waals surface area (Å²) in [4.78, 5) is 11.8. The lowest BCUT2D eigenvalue weighted by Crippen LogP contribution is -1.87. The number of aromatic nitrogens is 3. The van der Waals surface area contributed by atoms with Crippen LogP contribution in [0.3, 0.4) is 0 Å². The maximum Gasteiger partial charge on any atom is 0.162 e. The monoisotopic (exact) mass is 157 g/mol. The van der Waals surface area contributed by atoms with Crippen LogP contribution in [0.2, 0.25) is 0 Å². The minimum Gasteiger partial charge on any atom is -0.225 e. The molecule has 1 aromatic carbocycles. The molecular formula is C9H7N3. The molecule has 1 heterocycles. The molecule has 0 spiro atoms. The second-order valence-corrected chi connectivity index (χ2v) is 2.33. The zero-order chi connectivity index (χ0) is 8.23. The number of hydrogen-bond donors (Lipinski definition) is 0. The summed E-state index contributed by atoms with van der Waals surface area (Å²) in [6.07, 6.45) is 2.99. The fourth-order valence-electron chi connectivity index (χ4n) is 0.975. The molecule has 0 atom stereocenters. The first-order valence-corrected chi connectivity index (χ1v) is 3.64. The van der Waals surface area contributed by atoms with Crippen LogP contribution in [-0.4, -0.2) is 15.0 Å². The van der Waals surface area contributed by atoms with Gasteiger partial charge < -0.3 is 0 Å². The Morgan fingerprint density at radius 3 is 2.17 bits per heavy atom. The molecule has 0 unspecified atom stereocenters. The standard InChI is InChI=1S/C9H7N3/c1-2-4-8(5-3-1)9-11-6-10-7-12-9/h1-7H. The summed E-state index contributed by atoms with van der Waals surface area (Å²) in [6, 6.07) is 9.81. The molecule has 0 aliphatic rings. The summed E-state index contributed by atoms with van der Waals surface area (Å²) in [5.41, 5.74) is 1.01. The van der Waals surface area contributed by atoms with Crippen LogP contribution >= 0.6 is 0 Å². The quantitative estimate of drug-likeness (QED) is 0.630. The Bertz CT molecular complexity index is 307. The van der Waals surface area contributed by atoms with Gasteiger partial charge in [-0.05, 0) is 0 Å². The minimum absolute atomic E-state index is 0.714. The molecule has 0 N–H and O–H groups in total. The van der Waals surface area contributed by atoms with Crippen LogP contribution < -0.4 is 0 Å². The predicted molar refractivity (Wildman–Crippen MR) is 45.3 cm³/mol. The van der Waals surface area contributed by atoms with Crippen LogP contribution in [-0.2, 0) is 0 Å². The fourth-order valence-corrected chi connectivity index (χ4v) is 0.975. The second-order valence-electron chi connectivity index (χ2n) is 2.33. The lowest BCUT2D eigenvalue weighted by molar-refractivity contribution is 1.06. The molecule has 3 heteroatoms. The maximum atomic E-state index is 4.03. The van der Waals surface area contributed by atoms with E-state index in [0.717, 1.165) is 5.56 Å². The van der Waals surface area contributed by atoms with Crippen molar-refractivity contribution >= 4 is 0 Å². The third kappa shape index (κ3) is 1.29. The van der Waals surface area contributed by atoms with Crippen molar-refractivity contribution in [3.63, 3.8) is 0 Å². The van der Waals surface area contributed by atoms with Crippen molar-refractivity contribution in [1.82, 2.24) is 15.0 Å². The highest BCUT2D eigenvalue weighted by atomic mass is 15.0. The molecule has 3 nitrogen and oxygen atoms in total. The number of hydrogen-bond acceptors (Lipinski definition) is 3. The van der Waals surface area contributed by atoms with Gasteiger partial charge in [0.15, 0.2) is 5.82 Å². The van der Waals surface area contributed by atoms with E-state index < -0.39 is 0 Å². The van der Waals surface area contributed by atoms with Crippen molar-refractivity contribution in [2.24, 2.45) is 0 Å². The van der Waals surface area contributed by atoms with Crippen LogP contribution in [0.25, 0.3) is 11.4 Å². The number of rotatable bonds is 1. The van der Waals surface area contributed by atoms with E-state index in [2.05, 4.69) is 15.0 Å². The molecule has 2 rings (SSSR count). The van der Waals surface area contributed by atoms with Crippen LogP contribution in [0.4, 0.5) is 0 Å². The Labute approximate surface area is 70.1 Å². The van der Waals surface area contributed by atoms with Gasteiger partial charge in [0.2, 0.25) is 0 Å². The highest BCUT2D eigenvalue weighted by Gasteiger charge is 1.95. The Balaban J connectivity index is 2.46. The summed E-state index contributed by atoms with van der Waals surface area (Å²) < 4.78 is 0. The lowest BCUT2D eigenvalue weighted by Gasteiger charge is -1.95. The molecule has 0 aliphatic carbocycles. The van der Waals surface area contributed by atoms with Crippen LogP contribution in [0.1, 0.15) is 0 Å². The third-order valence-corrected chi connectivity index (χ3v) is 1.53. The van der Waals surface area contributed by atoms with Gasteiger partial charge in [0.05, 0.1) is 0 Å². The van der Waals surface area contributed by atoms with Crippen LogP contribution in [0, 0.1) is 0 Å². The molecule has 0 fully saturated rings. The van der Waals surface area contributed by atoms with Crippen molar-refractivity contribution in [3.8, 4) is 11.4 Å². The van der Waals surface area contributed by atoms with E-state index >= 15 is 0 Å². The molecule has 2 aromatic rings. The zero-order valence-electron chi connectivity index (χ0n) is 6.38. The summed E-state index contributed by atoms with van der Waals surface area (Å²) >= 11 is 0. The van der Waals surface area contributed by atoms with Gasteiger partial charge in [-0.2, -0.15) is 0 Å². The van der Waals surface area contributed by atoms with E-state index in [4.69, 9.17) is 0 Å². The van der Waals surface area contributed by atoms with Crippen LogP contribution in [0.5, 0.6) is 0 Å². The first-order chi connectivity index (χ1) is 5.97. The SMILES string of the molecule is c1ccc(-c2ncncn2)cc1. The van der Waals surface area contributed by atoms with Gasteiger partial charge in [0.1, 0.15) is 12.7 Å². The molecular weight excluding hydrogens is 150 g/mol. The van der Waals surface area contributed by atoms with Gasteiger partial charge in [-0.3, -0.25) is 0 Å². The Morgan fingerprint density at radius 2 is 1.50 bits per heavy atom. The summed E-state index contributed by atoms with van der Waals surface area (Å²) in [7, 11) is 0. The molecule has 0 bridgehead atoms. The summed E-state index contributed by atoms with van der Waals surface area (Å²) in [5, 5.41) is 0. The van der Waals surface area contributed by atoms with Crippen LogP contribution in [0.15, 0.2) is 43.0 Å². The normalized spacial score (nSPS) is 9.67. The topological polar surface area (TPSA) is 38.7 Å². The van der Waals surface area contributed by atoms with Crippen molar-refractivity contribution in [2.75, 3.05) is 0 Å². The molecule has 0 aliphatic heterocycles. The highest BCUT2D eigenvalue weighted by molar-refractivity contribution is 5.53. The fraction of sp³-hybridized carbons (Fsp3) is 0. The first-order valence-electron chi connectivity index (χ1n) is 3.64. The van der Waals surface area contributed by atoms with Crippen molar-refractivity contribution in [2.45, 2.75) is 0 Å². The highest BCUT2D eigenvalue weighted by Crippen LogP contribution is 2.10. The van der Waals surface area contributed by atoms with E-state index in [1.54, 1.807) is 0 Å². The Kier molecular flexibility index (Phi) is 1.78. The predicted octanol–water partition coefficient (Wildman–Crippen LogP) is 1.54. The summed E-state index contributed by atoms with van der Waals surface area (Å²) in [5.74, 6) is 0.714. The average molecular weight is 157 g/mol. The Morgan fingerprint density at radius 1 is 0.833 bits per heavy atom. The van der Waals surface area contributed by atoms with Crippen molar-refractivity contribution in [3.05, 3.63) is 43.0 Å². The minimum atomic E-state index is 0.714. The van der Waals surface area contributed by atoms with Gasteiger partial charge in [-0.25, -0.2) is 15.0 Å². The van der Waals surface area contributed by atoms with Gasteiger partial charge in [0, 0.05) is 5.56 Å². The van der Waals surface area contributed by atoms with E-state index in [9.17, 15) is 0 Å². The van der Waals surface area contributed by atoms with Gasteiger partial charge in [-0.1, -0.05) is 30.3 Å². The molecule has 0 saturated carbocycles. The molecule has 1 aromatic heterocycles. The molecule has 0 radical (unpaired) electrons. The van der Waals surface area contributed by atoms with Gasteiger partial charge >= 0.3 is 0 Å². The summed E-state index contributed by atoms with van der Waals surface area (Å²) in [6.45, 7) is 0. The third-order valence-electron chi connectivity index (χ3n) is 1.53. The molecule has 0 saturated heterocycles.